The van der Waals surface area contributed by atoms with Crippen LogP contribution in [-0.2, 0) is 4.79 Å². The summed E-state index contributed by atoms with van der Waals surface area (Å²) in [7, 11) is 0. The van der Waals surface area contributed by atoms with Gasteiger partial charge in [-0.15, -0.1) is 0 Å². The van der Waals surface area contributed by atoms with E-state index in [9.17, 15) is 4.79 Å². The highest BCUT2D eigenvalue weighted by molar-refractivity contribution is 6.36. The highest BCUT2D eigenvalue weighted by Crippen LogP contribution is 2.43. The van der Waals surface area contributed by atoms with Gasteiger partial charge in [0.05, 0.1) is 0 Å². The number of carbonyl (C=O) groups excluding carboxylic acids is 1. The van der Waals surface area contributed by atoms with Crippen LogP contribution in [-0.4, -0.2) is 20.5 Å². The van der Waals surface area contributed by atoms with Gasteiger partial charge in [0.2, 0.25) is 5.95 Å². The first-order valence-electron chi connectivity index (χ1n) is 7.03. The molecular weight excluding hydrogens is 323 g/mol. The van der Waals surface area contributed by atoms with Gasteiger partial charge in [-0.2, -0.15) is 10.1 Å². The summed E-state index contributed by atoms with van der Waals surface area (Å²) in [6.45, 7) is 0. The lowest BCUT2D eigenvalue weighted by molar-refractivity contribution is -0.116. The van der Waals surface area contributed by atoms with Crippen molar-refractivity contribution in [1.82, 2.24) is 14.8 Å². The summed E-state index contributed by atoms with van der Waals surface area (Å²) in [5.74, 6) is 0.713. The average Bonchev–Trinajstić information content (AvgIpc) is 2.94. The third kappa shape index (κ3) is 1.96. The second-order valence-corrected chi connectivity index (χ2v) is 6.17. The predicted molar refractivity (Wildman–Crippen MR) is 84.1 cm³/mol. The molecule has 0 spiro atoms. The van der Waals surface area contributed by atoms with Gasteiger partial charge in [-0.3, -0.25) is 4.79 Å². The second-order valence-electron chi connectivity index (χ2n) is 5.36. The van der Waals surface area contributed by atoms with E-state index >= 15 is 0 Å². The molecule has 1 N–H and O–H groups in total. The highest BCUT2D eigenvalue weighted by atomic mass is 35.5. The number of hydrogen-bond acceptors (Lipinski definition) is 4. The third-order valence-corrected chi connectivity index (χ3v) is 4.74. The predicted octanol–water partition coefficient (Wildman–Crippen LogP) is 3.61. The highest BCUT2D eigenvalue weighted by Gasteiger charge is 2.37. The van der Waals surface area contributed by atoms with Crippen molar-refractivity contribution in [1.29, 1.82) is 0 Å². The van der Waals surface area contributed by atoms with Gasteiger partial charge in [0.15, 0.2) is 5.78 Å². The molecule has 5 nitrogen and oxygen atoms in total. The Morgan fingerprint density at radius 1 is 1.23 bits per heavy atom. The number of hydrogen-bond donors (Lipinski definition) is 1. The van der Waals surface area contributed by atoms with Crippen LogP contribution in [0.1, 0.15) is 30.9 Å². The van der Waals surface area contributed by atoms with Gasteiger partial charge in [0.25, 0.3) is 0 Å². The monoisotopic (exact) mass is 334 g/mol. The molecule has 0 saturated heterocycles. The number of halogens is 2. The Kier molecular flexibility index (Phi) is 3.20. The molecule has 1 aliphatic heterocycles. The summed E-state index contributed by atoms with van der Waals surface area (Å²) < 4.78 is 1.68. The van der Waals surface area contributed by atoms with Crippen LogP contribution in [0.2, 0.25) is 10.0 Å². The summed E-state index contributed by atoms with van der Waals surface area (Å²) in [5.41, 5.74) is 2.29. The Morgan fingerprint density at radius 2 is 2.00 bits per heavy atom. The SMILES string of the molecule is O=C1CCCC2=C1C(c1c(Cl)cccc1Cl)n1ncnc1N2. The van der Waals surface area contributed by atoms with Crippen molar-refractivity contribution in [3.05, 3.63) is 51.4 Å². The van der Waals surface area contributed by atoms with E-state index in [4.69, 9.17) is 23.2 Å². The fourth-order valence-electron chi connectivity index (χ4n) is 3.13. The van der Waals surface area contributed by atoms with Crippen LogP contribution in [0.25, 0.3) is 0 Å². The fourth-order valence-corrected chi connectivity index (χ4v) is 3.74. The van der Waals surface area contributed by atoms with Gasteiger partial charge in [0.1, 0.15) is 12.4 Å². The minimum absolute atomic E-state index is 0.107. The summed E-state index contributed by atoms with van der Waals surface area (Å²) in [4.78, 5) is 16.7. The molecule has 1 aliphatic carbocycles. The molecule has 1 unspecified atom stereocenters. The average molecular weight is 335 g/mol. The first-order valence-corrected chi connectivity index (χ1v) is 7.79. The van der Waals surface area contributed by atoms with Crippen LogP contribution < -0.4 is 5.32 Å². The van der Waals surface area contributed by atoms with Gasteiger partial charge in [-0.25, -0.2) is 4.68 Å². The quantitative estimate of drug-likeness (QED) is 0.865. The lowest BCUT2D eigenvalue weighted by Crippen LogP contribution is -2.31. The van der Waals surface area contributed by atoms with E-state index in [0.29, 0.717) is 33.6 Å². The first-order chi connectivity index (χ1) is 10.7. The van der Waals surface area contributed by atoms with Crippen molar-refractivity contribution in [3.8, 4) is 0 Å². The number of fused-ring (bicyclic) bond motifs is 1. The summed E-state index contributed by atoms with van der Waals surface area (Å²) in [5, 5.41) is 8.51. The fraction of sp³-hybridized carbons (Fsp3) is 0.267. The van der Waals surface area contributed by atoms with Crippen molar-refractivity contribution in [3.63, 3.8) is 0 Å². The number of anilines is 1. The Hall–Kier alpha value is -1.85. The number of aromatic nitrogens is 3. The molecule has 7 heteroatoms. The van der Waals surface area contributed by atoms with Crippen molar-refractivity contribution in [2.75, 3.05) is 5.32 Å². The van der Waals surface area contributed by atoms with E-state index in [0.717, 1.165) is 18.5 Å². The molecule has 2 aromatic rings. The van der Waals surface area contributed by atoms with E-state index in [2.05, 4.69) is 15.4 Å². The maximum absolute atomic E-state index is 12.5. The Balaban J connectivity index is 1.99. The van der Waals surface area contributed by atoms with E-state index in [1.165, 1.54) is 6.33 Å². The van der Waals surface area contributed by atoms with Crippen LogP contribution in [0.15, 0.2) is 35.8 Å². The molecule has 4 rings (SSSR count). The molecule has 112 valence electrons. The van der Waals surface area contributed by atoms with Gasteiger partial charge >= 0.3 is 0 Å². The largest absolute Gasteiger partial charge is 0.328 e. The molecule has 1 aromatic carbocycles. The van der Waals surface area contributed by atoms with E-state index in [1.54, 1.807) is 22.9 Å². The summed E-state index contributed by atoms with van der Waals surface area (Å²) in [6, 6.07) is 4.90. The van der Waals surface area contributed by atoms with Gasteiger partial charge < -0.3 is 5.32 Å². The minimum Gasteiger partial charge on any atom is -0.328 e. The van der Waals surface area contributed by atoms with Crippen molar-refractivity contribution < 1.29 is 4.79 Å². The van der Waals surface area contributed by atoms with Gasteiger partial charge in [0, 0.05) is 33.3 Å². The maximum Gasteiger partial charge on any atom is 0.226 e. The number of nitrogens with one attached hydrogen (secondary N) is 1. The van der Waals surface area contributed by atoms with Crippen LogP contribution in [0.4, 0.5) is 5.95 Å². The Labute approximate surface area is 136 Å². The van der Waals surface area contributed by atoms with Crippen molar-refractivity contribution >= 4 is 34.9 Å². The smallest absolute Gasteiger partial charge is 0.226 e. The zero-order valence-corrected chi connectivity index (χ0v) is 13.0. The zero-order chi connectivity index (χ0) is 15.3. The van der Waals surface area contributed by atoms with Crippen molar-refractivity contribution in [2.45, 2.75) is 25.3 Å². The van der Waals surface area contributed by atoms with Crippen LogP contribution in [0.5, 0.6) is 0 Å². The molecule has 0 radical (unpaired) electrons. The summed E-state index contributed by atoms with van der Waals surface area (Å²) in [6.07, 6.45) is 3.64. The summed E-state index contributed by atoms with van der Waals surface area (Å²) >= 11 is 12.8. The van der Waals surface area contributed by atoms with E-state index < -0.39 is 6.04 Å². The molecule has 0 saturated carbocycles. The number of rotatable bonds is 1. The number of ketones is 1. The number of benzene rings is 1. The molecule has 1 aromatic heterocycles. The first kappa shape index (κ1) is 13.8. The molecular formula is C15H12Cl2N4O. The topological polar surface area (TPSA) is 59.8 Å². The zero-order valence-electron chi connectivity index (χ0n) is 11.5. The van der Waals surface area contributed by atoms with E-state index in [1.807, 2.05) is 0 Å². The molecule has 0 fully saturated rings. The van der Waals surface area contributed by atoms with Crippen molar-refractivity contribution in [2.24, 2.45) is 0 Å². The molecule has 22 heavy (non-hydrogen) atoms. The Morgan fingerprint density at radius 3 is 2.77 bits per heavy atom. The molecule has 1 atom stereocenters. The molecule has 2 aliphatic rings. The molecule has 2 heterocycles. The number of Topliss-reactive ketones (excluding diaryl/α,β-unsaturated/α-hetero) is 1. The number of nitrogens with zero attached hydrogens (tertiary/aromatic N) is 3. The molecule has 0 amide bonds. The second kappa shape index (κ2) is 5.11. The maximum atomic E-state index is 12.5. The van der Waals surface area contributed by atoms with Crippen LogP contribution >= 0.6 is 23.2 Å². The number of carbonyl (C=O) groups is 1. The lowest BCUT2D eigenvalue weighted by Gasteiger charge is -2.32. The standard InChI is InChI=1S/C15H12Cl2N4O/c16-8-3-1-4-9(17)12(8)14-13-10(5-2-6-11(13)22)20-15-18-7-19-21(14)15/h1,3-4,7,14H,2,5-6H2,(H,18,19,20). The normalized spacial score (nSPS) is 20.5. The van der Waals surface area contributed by atoms with Gasteiger partial charge in [-0.05, 0) is 25.0 Å². The van der Waals surface area contributed by atoms with Crippen LogP contribution in [0.3, 0.4) is 0 Å². The van der Waals surface area contributed by atoms with E-state index in [-0.39, 0.29) is 5.78 Å². The number of allylic oxidation sites excluding steroid dienone is 2. The lowest BCUT2D eigenvalue weighted by atomic mass is 9.85. The van der Waals surface area contributed by atoms with Gasteiger partial charge in [-0.1, -0.05) is 29.3 Å². The minimum atomic E-state index is -0.428. The molecule has 0 bridgehead atoms. The van der Waals surface area contributed by atoms with Crippen LogP contribution in [0, 0.1) is 0 Å². The third-order valence-electron chi connectivity index (χ3n) is 4.08. The Bertz CT molecular complexity index is 791.